The predicted octanol–water partition coefficient (Wildman–Crippen LogP) is 3.47. The third kappa shape index (κ3) is 2.19. The van der Waals surface area contributed by atoms with Crippen LogP contribution in [0.15, 0.2) is 54.6 Å². The Labute approximate surface area is 95.7 Å². The quantitative estimate of drug-likeness (QED) is 0.707. The van der Waals surface area contributed by atoms with Crippen LogP contribution < -0.4 is 0 Å². The van der Waals surface area contributed by atoms with E-state index in [4.69, 9.17) is 0 Å². The van der Waals surface area contributed by atoms with Gasteiger partial charge in [-0.3, -0.25) is 4.79 Å². The lowest BCUT2D eigenvalue weighted by atomic mass is 9.92. The van der Waals surface area contributed by atoms with E-state index in [-0.39, 0.29) is 11.7 Å². The predicted molar refractivity (Wildman–Crippen MR) is 64.5 cm³/mol. The average Bonchev–Trinajstić information content (AvgIpc) is 2.39. The van der Waals surface area contributed by atoms with Crippen molar-refractivity contribution in [1.29, 1.82) is 0 Å². The molecule has 79 valence electrons. The molecular formula is C15H13O. The number of rotatable bonds is 3. The Kier molecular flexibility index (Phi) is 3.16. The van der Waals surface area contributed by atoms with E-state index >= 15 is 0 Å². The fourth-order valence-corrected chi connectivity index (χ4v) is 1.69. The van der Waals surface area contributed by atoms with Crippen LogP contribution >= 0.6 is 0 Å². The van der Waals surface area contributed by atoms with E-state index in [9.17, 15) is 4.79 Å². The largest absolute Gasteiger partial charge is 0.294 e. The fourth-order valence-electron chi connectivity index (χ4n) is 1.69. The molecule has 2 aromatic rings. The topological polar surface area (TPSA) is 17.1 Å². The summed E-state index contributed by atoms with van der Waals surface area (Å²) < 4.78 is 0. The van der Waals surface area contributed by atoms with Crippen molar-refractivity contribution in [3.05, 3.63) is 71.8 Å². The number of Topliss-reactive ketones (excluding diaryl/α,β-unsaturated/α-hetero) is 1. The van der Waals surface area contributed by atoms with Crippen molar-refractivity contribution >= 4 is 5.78 Å². The smallest absolute Gasteiger partial charge is 0.170 e. The lowest BCUT2D eigenvalue weighted by Crippen LogP contribution is -2.09. The number of benzene rings is 2. The summed E-state index contributed by atoms with van der Waals surface area (Å²) in [6, 6.07) is 19.9. The first-order valence-electron chi connectivity index (χ1n) is 5.34. The van der Waals surface area contributed by atoms with Gasteiger partial charge in [0.1, 0.15) is 0 Å². The highest BCUT2D eigenvalue weighted by Crippen LogP contribution is 2.19. The molecule has 0 aromatic heterocycles. The summed E-state index contributed by atoms with van der Waals surface area (Å²) in [5.41, 5.74) is 1.80. The van der Waals surface area contributed by atoms with Crippen molar-refractivity contribution in [1.82, 2.24) is 0 Å². The van der Waals surface area contributed by atoms with Crippen LogP contribution in [0, 0.1) is 6.07 Å². The van der Waals surface area contributed by atoms with E-state index in [1.807, 2.05) is 49.4 Å². The lowest BCUT2D eigenvalue weighted by Gasteiger charge is -2.10. The molecule has 0 heterocycles. The van der Waals surface area contributed by atoms with E-state index in [1.54, 1.807) is 12.1 Å². The first-order valence-corrected chi connectivity index (χ1v) is 5.34. The van der Waals surface area contributed by atoms with Gasteiger partial charge in [0.05, 0.1) is 0 Å². The van der Waals surface area contributed by atoms with Crippen LogP contribution in [0.2, 0.25) is 0 Å². The highest BCUT2D eigenvalue weighted by Gasteiger charge is 2.15. The first-order chi connectivity index (χ1) is 7.79. The Morgan fingerprint density at radius 3 is 2.31 bits per heavy atom. The van der Waals surface area contributed by atoms with Gasteiger partial charge in [-0.1, -0.05) is 61.5 Å². The van der Waals surface area contributed by atoms with Gasteiger partial charge in [-0.05, 0) is 11.6 Å². The number of hydrogen-bond acceptors (Lipinski definition) is 1. The molecular weight excluding hydrogens is 196 g/mol. The van der Waals surface area contributed by atoms with Crippen LogP contribution in [0.1, 0.15) is 28.8 Å². The monoisotopic (exact) mass is 209 g/mol. The summed E-state index contributed by atoms with van der Waals surface area (Å²) in [6.07, 6.45) is 0. The van der Waals surface area contributed by atoms with E-state index in [0.29, 0.717) is 0 Å². The molecule has 1 heteroatoms. The second-order valence-corrected chi connectivity index (χ2v) is 3.79. The van der Waals surface area contributed by atoms with Gasteiger partial charge in [0.2, 0.25) is 0 Å². The average molecular weight is 209 g/mol. The highest BCUT2D eigenvalue weighted by atomic mass is 16.1. The zero-order valence-corrected chi connectivity index (χ0v) is 9.18. The molecule has 0 N–H and O–H groups in total. The first kappa shape index (κ1) is 10.6. The Hall–Kier alpha value is -1.89. The summed E-state index contributed by atoms with van der Waals surface area (Å²) in [6.45, 7) is 1.94. The number of carbonyl (C=O) groups is 1. The fraction of sp³-hybridized carbons (Fsp3) is 0.133. The van der Waals surface area contributed by atoms with Crippen molar-refractivity contribution in [2.24, 2.45) is 0 Å². The normalized spacial score (nSPS) is 12.1. The van der Waals surface area contributed by atoms with Gasteiger partial charge in [0, 0.05) is 11.5 Å². The van der Waals surface area contributed by atoms with Crippen LogP contribution in [-0.2, 0) is 0 Å². The van der Waals surface area contributed by atoms with Gasteiger partial charge >= 0.3 is 0 Å². The van der Waals surface area contributed by atoms with Crippen molar-refractivity contribution < 1.29 is 4.79 Å². The Morgan fingerprint density at radius 1 is 1.06 bits per heavy atom. The van der Waals surface area contributed by atoms with E-state index in [2.05, 4.69) is 6.07 Å². The molecule has 1 atom stereocenters. The summed E-state index contributed by atoms with van der Waals surface area (Å²) in [7, 11) is 0. The molecule has 0 spiro atoms. The Morgan fingerprint density at radius 2 is 1.69 bits per heavy atom. The minimum absolute atomic E-state index is 0.0939. The zero-order valence-electron chi connectivity index (χ0n) is 9.18. The summed E-state index contributed by atoms with van der Waals surface area (Å²) >= 11 is 0. The zero-order chi connectivity index (χ0) is 11.4. The number of carbonyl (C=O) groups excluding carboxylic acids is 1. The van der Waals surface area contributed by atoms with Crippen LogP contribution in [0.3, 0.4) is 0 Å². The van der Waals surface area contributed by atoms with E-state index in [1.165, 1.54) is 0 Å². The summed E-state index contributed by atoms with van der Waals surface area (Å²) in [5.74, 6) is 0.0591. The molecule has 0 aliphatic carbocycles. The van der Waals surface area contributed by atoms with Gasteiger partial charge in [-0.25, -0.2) is 0 Å². The third-order valence-corrected chi connectivity index (χ3v) is 2.70. The van der Waals surface area contributed by atoms with Gasteiger partial charge in [0.15, 0.2) is 5.78 Å². The molecule has 0 fully saturated rings. The van der Waals surface area contributed by atoms with Crippen LogP contribution in [0.25, 0.3) is 0 Å². The van der Waals surface area contributed by atoms with Gasteiger partial charge in [-0.2, -0.15) is 0 Å². The number of hydrogen-bond donors (Lipinski definition) is 0. The van der Waals surface area contributed by atoms with Gasteiger partial charge in [0.25, 0.3) is 0 Å². The van der Waals surface area contributed by atoms with E-state index in [0.717, 1.165) is 11.1 Å². The summed E-state index contributed by atoms with van der Waals surface area (Å²) in [4.78, 5) is 12.1. The second-order valence-electron chi connectivity index (χ2n) is 3.79. The standard InChI is InChI=1S/C15H13O/c1-12(13-8-4-2-5-9-13)15(16)14-10-6-3-7-11-14/h2,4-12H,1H3. The van der Waals surface area contributed by atoms with Crippen molar-refractivity contribution in [3.8, 4) is 0 Å². The maximum atomic E-state index is 12.1. The van der Waals surface area contributed by atoms with Crippen LogP contribution in [0.5, 0.6) is 0 Å². The van der Waals surface area contributed by atoms with Crippen molar-refractivity contribution in [2.75, 3.05) is 0 Å². The molecule has 1 unspecified atom stereocenters. The molecule has 16 heavy (non-hydrogen) atoms. The van der Waals surface area contributed by atoms with Gasteiger partial charge in [-0.15, -0.1) is 0 Å². The molecule has 0 aliphatic heterocycles. The van der Waals surface area contributed by atoms with Gasteiger partial charge < -0.3 is 0 Å². The molecule has 0 saturated heterocycles. The molecule has 2 rings (SSSR count). The highest BCUT2D eigenvalue weighted by molar-refractivity contribution is 6.00. The minimum Gasteiger partial charge on any atom is -0.294 e. The van der Waals surface area contributed by atoms with Crippen LogP contribution in [0.4, 0.5) is 0 Å². The van der Waals surface area contributed by atoms with Crippen molar-refractivity contribution in [2.45, 2.75) is 12.8 Å². The summed E-state index contributed by atoms with van der Waals surface area (Å²) in [5, 5.41) is 0. The Bertz CT molecular complexity index is 459. The van der Waals surface area contributed by atoms with Crippen molar-refractivity contribution in [3.63, 3.8) is 0 Å². The molecule has 2 aromatic carbocycles. The maximum Gasteiger partial charge on any atom is 0.170 e. The second kappa shape index (κ2) is 4.75. The molecule has 0 saturated carbocycles. The lowest BCUT2D eigenvalue weighted by molar-refractivity contribution is 0.0966. The third-order valence-electron chi connectivity index (χ3n) is 2.70. The molecule has 0 aliphatic rings. The molecule has 0 amide bonds. The molecule has 0 bridgehead atoms. The van der Waals surface area contributed by atoms with E-state index < -0.39 is 0 Å². The molecule has 1 radical (unpaired) electrons. The maximum absolute atomic E-state index is 12.1. The minimum atomic E-state index is -0.0939. The van der Waals surface area contributed by atoms with Crippen LogP contribution in [-0.4, -0.2) is 5.78 Å². The number of ketones is 1. The SMILES string of the molecule is CC(C(=O)c1cc[c]cc1)c1ccccc1. The Balaban J connectivity index is 2.24. The molecule has 1 nitrogen and oxygen atoms in total.